The first kappa shape index (κ1) is 16.6. The summed E-state index contributed by atoms with van der Waals surface area (Å²) in [6, 6.07) is 14.0. The van der Waals surface area contributed by atoms with Gasteiger partial charge in [-0.05, 0) is 31.0 Å². The molecule has 3 aromatic rings. The molecule has 2 heterocycles. The van der Waals surface area contributed by atoms with Crippen LogP contribution in [0.4, 0.5) is 0 Å². The van der Waals surface area contributed by atoms with Crippen molar-refractivity contribution in [2.24, 2.45) is 0 Å². The molecule has 0 aliphatic carbocycles. The number of nitrogens with one attached hydrogen (secondary N) is 1. The number of para-hydroxylation sites is 1. The number of pyridine rings is 1. The molecule has 1 N–H and O–H groups in total. The molecular weight excluding hydrogens is 324 g/mol. The van der Waals surface area contributed by atoms with Crippen molar-refractivity contribution in [3.63, 3.8) is 0 Å². The van der Waals surface area contributed by atoms with Crippen LogP contribution in [0.2, 0.25) is 0 Å². The standard InChI is InChI=1S/C22H22N2O2/c1-13-7-9-16(10-8-13)11-23-22(26)19-12-24-15(3)14(2)17-5-4-6-18(20(17)24)21(19)25/h4-10,12,14-15H,11H2,1-3H3,(H,23,26). The first-order valence-electron chi connectivity index (χ1n) is 8.99. The molecule has 4 heteroatoms. The average molecular weight is 346 g/mol. The van der Waals surface area contributed by atoms with Crippen LogP contribution >= 0.6 is 0 Å². The third-order valence-electron chi connectivity index (χ3n) is 5.55. The Morgan fingerprint density at radius 3 is 2.58 bits per heavy atom. The summed E-state index contributed by atoms with van der Waals surface area (Å²) in [5.41, 5.74) is 4.35. The lowest BCUT2D eigenvalue weighted by Crippen LogP contribution is -2.29. The maximum Gasteiger partial charge on any atom is 0.257 e. The summed E-state index contributed by atoms with van der Waals surface area (Å²) in [6.07, 6.45) is 1.73. The highest BCUT2D eigenvalue weighted by Crippen LogP contribution is 2.40. The highest BCUT2D eigenvalue weighted by molar-refractivity contribution is 5.98. The number of nitrogens with zero attached hydrogens (tertiary/aromatic N) is 1. The van der Waals surface area contributed by atoms with E-state index in [1.165, 1.54) is 11.1 Å². The minimum Gasteiger partial charge on any atom is -0.348 e. The summed E-state index contributed by atoms with van der Waals surface area (Å²) in [5.74, 6) is 0.00218. The van der Waals surface area contributed by atoms with Crippen LogP contribution < -0.4 is 10.7 Å². The summed E-state index contributed by atoms with van der Waals surface area (Å²) in [4.78, 5) is 25.6. The molecule has 4 nitrogen and oxygen atoms in total. The van der Waals surface area contributed by atoms with E-state index in [9.17, 15) is 9.59 Å². The number of rotatable bonds is 3. The third kappa shape index (κ3) is 2.53. The lowest BCUT2D eigenvalue weighted by atomic mass is 9.97. The Balaban J connectivity index is 1.70. The molecule has 1 aliphatic heterocycles. The van der Waals surface area contributed by atoms with Gasteiger partial charge in [-0.3, -0.25) is 9.59 Å². The average Bonchev–Trinajstić information content (AvgIpc) is 2.89. The Morgan fingerprint density at radius 2 is 1.85 bits per heavy atom. The molecular formula is C22H22N2O2. The van der Waals surface area contributed by atoms with Gasteiger partial charge in [-0.2, -0.15) is 0 Å². The Bertz CT molecular complexity index is 1060. The predicted molar refractivity (Wildman–Crippen MR) is 104 cm³/mol. The van der Waals surface area contributed by atoms with Crippen molar-refractivity contribution < 1.29 is 4.79 Å². The fourth-order valence-corrected chi connectivity index (χ4v) is 3.77. The smallest absolute Gasteiger partial charge is 0.257 e. The molecule has 1 aliphatic rings. The van der Waals surface area contributed by atoms with E-state index in [4.69, 9.17) is 0 Å². The van der Waals surface area contributed by atoms with Crippen molar-refractivity contribution in [2.45, 2.75) is 39.3 Å². The molecule has 1 amide bonds. The van der Waals surface area contributed by atoms with Crippen LogP contribution in [-0.4, -0.2) is 10.5 Å². The number of carbonyl (C=O) groups is 1. The normalized spacial score (nSPS) is 18.3. The van der Waals surface area contributed by atoms with Gasteiger partial charge in [0.25, 0.3) is 5.91 Å². The number of aryl methyl sites for hydroxylation is 1. The van der Waals surface area contributed by atoms with Gasteiger partial charge < -0.3 is 9.88 Å². The minimum atomic E-state index is -0.321. The molecule has 2 atom stereocenters. The number of amides is 1. The van der Waals surface area contributed by atoms with E-state index in [1.54, 1.807) is 6.20 Å². The van der Waals surface area contributed by atoms with E-state index in [2.05, 4.69) is 29.8 Å². The van der Waals surface area contributed by atoms with Gasteiger partial charge in [-0.25, -0.2) is 0 Å². The van der Waals surface area contributed by atoms with Gasteiger partial charge in [-0.1, -0.05) is 48.9 Å². The van der Waals surface area contributed by atoms with Crippen LogP contribution in [0.3, 0.4) is 0 Å². The van der Waals surface area contributed by atoms with Crippen molar-refractivity contribution in [1.82, 2.24) is 9.88 Å². The van der Waals surface area contributed by atoms with Crippen LogP contribution in [0.15, 0.2) is 53.5 Å². The zero-order valence-electron chi connectivity index (χ0n) is 15.2. The number of aromatic nitrogens is 1. The van der Waals surface area contributed by atoms with E-state index in [0.717, 1.165) is 11.1 Å². The largest absolute Gasteiger partial charge is 0.348 e. The zero-order valence-corrected chi connectivity index (χ0v) is 15.2. The second-order valence-corrected chi connectivity index (χ2v) is 7.22. The monoisotopic (exact) mass is 346 g/mol. The fourth-order valence-electron chi connectivity index (χ4n) is 3.77. The van der Waals surface area contributed by atoms with Crippen molar-refractivity contribution in [3.05, 3.63) is 81.1 Å². The molecule has 0 saturated carbocycles. The first-order valence-corrected chi connectivity index (χ1v) is 8.99. The lowest BCUT2D eigenvalue weighted by molar-refractivity contribution is 0.0949. The van der Waals surface area contributed by atoms with E-state index in [1.807, 2.05) is 43.3 Å². The van der Waals surface area contributed by atoms with E-state index in [0.29, 0.717) is 17.8 Å². The van der Waals surface area contributed by atoms with Gasteiger partial charge in [0.2, 0.25) is 5.43 Å². The molecule has 0 spiro atoms. The van der Waals surface area contributed by atoms with E-state index >= 15 is 0 Å². The van der Waals surface area contributed by atoms with Crippen LogP contribution in [0.25, 0.3) is 10.9 Å². The van der Waals surface area contributed by atoms with Crippen molar-refractivity contribution in [3.8, 4) is 0 Å². The number of carbonyl (C=O) groups excluding carboxylic acids is 1. The van der Waals surface area contributed by atoms with E-state index in [-0.39, 0.29) is 22.9 Å². The first-order chi connectivity index (χ1) is 12.5. The molecule has 2 unspecified atom stereocenters. The number of hydrogen-bond acceptors (Lipinski definition) is 2. The Labute approximate surface area is 152 Å². The van der Waals surface area contributed by atoms with Gasteiger partial charge in [0.15, 0.2) is 0 Å². The molecule has 132 valence electrons. The SMILES string of the molecule is Cc1ccc(CNC(=O)c2cn3c4c(cccc4c2=O)C(C)C3C)cc1. The van der Waals surface area contributed by atoms with Crippen molar-refractivity contribution in [1.29, 1.82) is 0 Å². The van der Waals surface area contributed by atoms with Crippen molar-refractivity contribution in [2.75, 3.05) is 0 Å². The second kappa shape index (κ2) is 6.13. The number of benzene rings is 2. The molecule has 0 saturated heterocycles. The van der Waals surface area contributed by atoms with Gasteiger partial charge in [0.05, 0.1) is 5.52 Å². The molecule has 2 aromatic carbocycles. The van der Waals surface area contributed by atoms with Crippen LogP contribution in [-0.2, 0) is 6.54 Å². The van der Waals surface area contributed by atoms with Gasteiger partial charge in [0, 0.05) is 30.1 Å². The Morgan fingerprint density at radius 1 is 1.12 bits per heavy atom. The van der Waals surface area contributed by atoms with Crippen LogP contribution in [0.5, 0.6) is 0 Å². The molecule has 0 bridgehead atoms. The predicted octanol–water partition coefficient (Wildman–Crippen LogP) is 3.92. The van der Waals surface area contributed by atoms with Gasteiger partial charge in [-0.15, -0.1) is 0 Å². The quantitative estimate of drug-likeness (QED) is 0.781. The van der Waals surface area contributed by atoms with Crippen molar-refractivity contribution >= 4 is 16.8 Å². The summed E-state index contributed by atoms with van der Waals surface area (Å²) in [5, 5.41) is 3.51. The maximum absolute atomic E-state index is 12.9. The highest BCUT2D eigenvalue weighted by atomic mass is 16.2. The molecule has 4 rings (SSSR count). The Hall–Kier alpha value is -2.88. The van der Waals surface area contributed by atoms with Crippen LogP contribution in [0, 0.1) is 6.92 Å². The fraction of sp³-hybridized carbons (Fsp3) is 0.273. The molecule has 0 radical (unpaired) electrons. The third-order valence-corrected chi connectivity index (χ3v) is 5.55. The summed E-state index contributed by atoms with van der Waals surface area (Å²) < 4.78 is 2.08. The summed E-state index contributed by atoms with van der Waals surface area (Å²) in [6.45, 7) is 6.72. The van der Waals surface area contributed by atoms with Crippen LogP contribution in [0.1, 0.15) is 52.9 Å². The van der Waals surface area contributed by atoms with Gasteiger partial charge in [0.1, 0.15) is 5.56 Å². The lowest BCUT2D eigenvalue weighted by Gasteiger charge is -2.15. The second-order valence-electron chi connectivity index (χ2n) is 7.22. The topological polar surface area (TPSA) is 51.1 Å². The minimum absolute atomic E-state index is 0.194. The molecule has 1 aromatic heterocycles. The van der Waals surface area contributed by atoms with E-state index < -0.39 is 0 Å². The summed E-state index contributed by atoms with van der Waals surface area (Å²) in [7, 11) is 0. The summed E-state index contributed by atoms with van der Waals surface area (Å²) >= 11 is 0. The maximum atomic E-state index is 12.9. The number of hydrogen-bond donors (Lipinski definition) is 1. The molecule has 26 heavy (non-hydrogen) atoms. The molecule has 0 fully saturated rings. The van der Waals surface area contributed by atoms with Gasteiger partial charge >= 0.3 is 0 Å². The highest BCUT2D eigenvalue weighted by Gasteiger charge is 2.29. The Kier molecular flexibility index (Phi) is 3.91. The zero-order chi connectivity index (χ0) is 18.4.